The molecule has 0 saturated heterocycles. The lowest BCUT2D eigenvalue weighted by Gasteiger charge is -2.13. The number of aromatic nitrogens is 1. The molecule has 0 amide bonds. The minimum absolute atomic E-state index is 0.192. The molecule has 1 atom stereocenters. The fourth-order valence-electron chi connectivity index (χ4n) is 1.90. The molecule has 1 aromatic carbocycles. The van der Waals surface area contributed by atoms with Crippen LogP contribution in [0.4, 0.5) is 0 Å². The molecule has 1 heterocycles. The molecule has 2 rings (SSSR count). The molecular formula is C15H21N3S. The lowest BCUT2D eigenvalue weighted by molar-refractivity contribution is 0.379. The standard InChI is InChI=1S/C15H21N3S/c1-18(2)9-8-13(16)10-15-17-14(11-19-15)12-6-4-3-5-7-12/h3-7,11,13H,8-10,16H2,1-2H3. The Morgan fingerprint density at radius 2 is 2.00 bits per heavy atom. The number of nitrogens with zero attached hydrogens (tertiary/aromatic N) is 2. The van der Waals surface area contributed by atoms with Gasteiger partial charge in [-0.2, -0.15) is 0 Å². The molecule has 4 heteroatoms. The normalized spacial score (nSPS) is 12.8. The number of hydrogen-bond donors (Lipinski definition) is 1. The second-order valence-corrected chi connectivity index (χ2v) is 5.99. The van der Waals surface area contributed by atoms with E-state index >= 15 is 0 Å². The van der Waals surface area contributed by atoms with Gasteiger partial charge in [0.2, 0.25) is 0 Å². The van der Waals surface area contributed by atoms with Crippen molar-refractivity contribution in [2.45, 2.75) is 18.9 Å². The van der Waals surface area contributed by atoms with Gasteiger partial charge in [0.25, 0.3) is 0 Å². The Kier molecular flexibility index (Phi) is 5.07. The average Bonchev–Trinajstić information content (AvgIpc) is 2.86. The maximum Gasteiger partial charge on any atom is 0.0948 e. The van der Waals surface area contributed by atoms with Crippen molar-refractivity contribution < 1.29 is 0 Å². The van der Waals surface area contributed by atoms with Gasteiger partial charge in [0.05, 0.1) is 10.7 Å². The van der Waals surface area contributed by atoms with E-state index in [4.69, 9.17) is 5.73 Å². The quantitative estimate of drug-likeness (QED) is 0.881. The van der Waals surface area contributed by atoms with Crippen LogP contribution in [0, 0.1) is 0 Å². The third kappa shape index (κ3) is 4.42. The molecule has 1 unspecified atom stereocenters. The predicted molar refractivity (Wildman–Crippen MR) is 82.4 cm³/mol. The maximum atomic E-state index is 6.14. The lowest BCUT2D eigenvalue weighted by Crippen LogP contribution is -2.28. The van der Waals surface area contributed by atoms with E-state index in [1.807, 2.05) is 18.2 Å². The molecule has 0 bridgehead atoms. The van der Waals surface area contributed by atoms with Crippen LogP contribution in [0.3, 0.4) is 0 Å². The fraction of sp³-hybridized carbons (Fsp3) is 0.400. The van der Waals surface area contributed by atoms with E-state index in [1.165, 1.54) is 5.56 Å². The Morgan fingerprint density at radius 3 is 2.68 bits per heavy atom. The Morgan fingerprint density at radius 1 is 1.26 bits per heavy atom. The van der Waals surface area contributed by atoms with Crippen LogP contribution in [0.15, 0.2) is 35.7 Å². The second kappa shape index (κ2) is 6.80. The van der Waals surface area contributed by atoms with Gasteiger partial charge in [-0.05, 0) is 27.1 Å². The zero-order chi connectivity index (χ0) is 13.7. The third-order valence-corrected chi connectivity index (χ3v) is 3.88. The number of benzene rings is 1. The lowest BCUT2D eigenvalue weighted by atomic mass is 10.1. The first-order chi connectivity index (χ1) is 9.15. The predicted octanol–water partition coefficient (Wildman–Crippen LogP) is 2.63. The van der Waals surface area contributed by atoms with E-state index in [1.54, 1.807) is 11.3 Å². The van der Waals surface area contributed by atoms with Crippen LogP contribution in [0.2, 0.25) is 0 Å². The Labute approximate surface area is 119 Å². The third-order valence-electron chi connectivity index (χ3n) is 3.01. The molecule has 0 spiro atoms. The number of nitrogens with two attached hydrogens (primary N) is 1. The van der Waals surface area contributed by atoms with Crippen LogP contribution in [-0.4, -0.2) is 36.6 Å². The molecule has 0 aliphatic rings. The highest BCUT2D eigenvalue weighted by atomic mass is 32.1. The fourth-order valence-corrected chi connectivity index (χ4v) is 2.79. The molecule has 102 valence electrons. The zero-order valence-corrected chi connectivity index (χ0v) is 12.4. The zero-order valence-electron chi connectivity index (χ0n) is 11.5. The van der Waals surface area contributed by atoms with Crippen molar-refractivity contribution in [3.8, 4) is 11.3 Å². The molecule has 2 aromatic rings. The Bertz CT molecular complexity index is 493. The summed E-state index contributed by atoms with van der Waals surface area (Å²) < 4.78 is 0. The Balaban J connectivity index is 1.94. The van der Waals surface area contributed by atoms with Gasteiger partial charge in [-0.15, -0.1) is 11.3 Å². The summed E-state index contributed by atoms with van der Waals surface area (Å²) >= 11 is 1.70. The van der Waals surface area contributed by atoms with Crippen molar-refractivity contribution in [2.24, 2.45) is 5.73 Å². The van der Waals surface area contributed by atoms with Gasteiger partial charge in [0.1, 0.15) is 0 Å². The van der Waals surface area contributed by atoms with E-state index in [9.17, 15) is 0 Å². The summed E-state index contributed by atoms with van der Waals surface area (Å²) in [5.41, 5.74) is 8.37. The summed E-state index contributed by atoms with van der Waals surface area (Å²) in [4.78, 5) is 6.84. The topological polar surface area (TPSA) is 42.1 Å². The van der Waals surface area contributed by atoms with Crippen LogP contribution < -0.4 is 5.73 Å². The van der Waals surface area contributed by atoms with E-state index in [0.29, 0.717) is 0 Å². The molecule has 3 nitrogen and oxygen atoms in total. The molecule has 19 heavy (non-hydrogen) atoms. The minimum Gasteiger partial charge on any atom is -0.327 e. The summed E-state index contributed by atoms with van der Waals surface area (Å²) in [6.45, 7) is 1.03. The van der Waals surface area contributed by atoms with Crippen molar-refractivity contribution in [3.63, 3.8) is 0 Å². The number of thiazole rings is 1. The van der Waals surface area contributed by atoms with Crippen LogP contribution >= 0.6 is 11.3 Å². The highest BCUT2D eigenvalue weighted by Gasteiger charge is 2.09. The molecule has 0 radical (unpaired) electrons. The highest BCUT2D eigenvalue weighted by Crippen LogP contribution is 2.22. The van der Waals surface area contributed by atoms with E-state index in [0.717, 1.165) is 30.1 Å². The summed E-state index contributed by atoms with van der Waals surface area (Å²) in [5, 5.41) is 3.24. The first-order valence-corrected chi connectivity index (χ1v) is 7.43. The van der Waals surface area contributed by atoms with Crippen molar-refractivity contribution in [1.29, 1.82) is 0 Å². The van der Waals surface area contributed by atoms with E-state index < -0.39 is 0 Å². The number of rotatable bonds is 6. The molecule has 0 aliphatic heterocycles. The largest absolute Gasteiger partial charge is 0.327 e. The summed E-state index contributed by atoms with van der Waals surface area (Å²) in [6, 6.07) is 10.5. The van der Waals surface area contributed by atoms with Gasteiger partial charge in [0.15, 0.2) is 0 Å². The van der Waals surface area contributed by atoms with Crippen LogP contribution in [0.1, 0.15) is 11.4 Å². The first-order valence-electron chi connectivity index (χ1n) is 6.55. The molecule has 1 aromatic heterocycles. The summed E-state index contributed by atoms with van der Waals surface area (Å²) in [7, 11) is 4.15. The molecule has 0 saturated carbocycles. The van der Waals surface area contributed by atoms with E-state index in [2.05, 4.69) is 41.5 Å². The van der Waals surface area contributed by atoms with Gasteiger partial charge in [-0.1, -0.05) is 30.3 Å². The van der Waals surface area contributed by atoms with Crippen molar-refractivity contribution in [3.05, 3.63) is 40.7 Å². The summed E-state index contributed by atoms with van der Waals surface area (Å²) in [5.74, 6) is 0. The van der Waals surface area contributed by atoms with Crippen LogP contribution in [-0.2, 0) is 6.42 Å². The highest BCUT2D eigenvalue weighted by molar-refractivity contribution is 7.09. The smallest absolute Gasteiger partial charge is 0.0948 e. The van der Waals surface area contributed by atoms with Crippen LogP contribution in [0.5, 0.6) is 0 Å². The van der Waals surface area contributed by atoms with Crippen molar-refractivity contribution in [1.82, 2.24) is 9.88 Å². The summed E-state index contributed by atoms with van der Waals surface area (Å²) in [6.07, 6.45) is 1.87. The first kappa shape index (κ1) is 14.2. The minimum atomic E-state index is 0.192. The molecular weight excluding hydrogens is 254 g/mol. The van der Waals surface area contributed by atoms with E-state index in [-0.39, 0.29) is 6.04 Å². The van der Waals surface area contributed by atoms with Crippen LogP contribution in [0.25, 0.3) is 11.3 Å². The number of hydrogen-bond acceptors (Lipinski definition) is 4. The average molecular weight is 275 g/mol. The van der Waals surface area contributed by atoms with Crippen molar-refractivity contribution in [2.75, 3.05) is 20.6 Å². The molecule has 2 N–H and O–H groups in total. The van der Waals surface area contributed by atoms with Gasteiger partial charge in [-0.3, -0.25) is 0 Å². The van der Waals surface area contributed by atoms with Gasteiger partial charge in [-0.25, -0.2) is 4.98 Å². The second-order valence-electron chi connectivity index (χ2n) is 5.05. The SMILES string of the molecule is CN(C)CCC(N)Cc1nc(-c2ccccc2)cs1. The van der Waals surface area contributed by atoms with Gasteiger partial charge in [0, 0.05) is 23.4 Å². The maximum absolute atomic E-state index is 6.14. The monoisotopic (exact) mass is 275 g/mol. The Hall–Kier alpha value is -1.23. The van der Waals surface area contributed by atoms with Crippen molar-refractivity contribution >= 4 is 11.3 Å². The molecule has 0 fully saturated rings. The van der Waals surface area contributed by atoms with Gasteiger partial charge < -0.3 is 10.6 Å². The molecule has 0 aliphatic carbocycles. The van der Waals surface area contributed by atoms with Gasteiger partial charge >= 0.3 is 0 Å².